The zero-order chi connectivity index (χ0) is 11.9. The summed E-state index contributed by atoms with van der Waals surface area (Å²) in [7, 11) is 0. The van der Waals surface area contributed by atoms with E-state index in [1.165, 1.54) is 18.2 Å². The molecule has 3 nitrogen and oxygen atoms in total. The van der Waals surface area contributed by atoms with Crippen LogP contribution < -0.4 is 0 Å². The fraction of sp³-hybridized carbons (Fsp3) is 0.222. The number of nitrogens with zero attached hydrogens (tertiary/aromatic N) is 1. The number of hydrogen-bond donors (Lipinski definition) is 2. The molecule has 7 heteroatoms. The van der Waals surface area contributed by atoms with E-state index in [9.17, 15) is 13.2 Å². The summed E-state index contributed by atoms with van der Waals surface area (Å²) >= 11 is 5.66. The zero-order valence-electron chi connectivity index (χ0n) is 7.72. The number of H-pyrrole nitrogens is 1. The molecule has 0 aliphatic rings. The van der Waals surface area contributed by atoms with Gasteiger partial charge in [0, 0.05) is 5.02 Å². The molecule has 0 aliphatic heterocycles. The molecule has 0 saturated carbocycles. The molecule has 1 aromatic heterocycles. The Hall–Kier alpha value is -1.27. The lowest BCUT2D eigenvalue weighted by Crippen LogP contribution is -2.21. The molecule has 0 saturated heterocycles. The van der Waals surface area contributed by atoms with Gasteiger partial charge in [-0.1, -0.05) is 11.6 Å². The van der Waals surface area contributed by atoms with E-state index in [0.29, 0.717) is 16.1 Å². The molecule has 16 heavy (non-hydrogen) atoms. The van der Waals surface area contributed by atoms with Crippen LogP contribution in [0.25, 0.3) is 11.0 Å². The number of benzene rings is 1. The van der Waals surface area contributed by atoms with Crippen LogP contribution in [-0.4, -0.2) is 21.3 Å². The van der Waals surface area contributed by atoms with Gasteiger partial charge in [-0.05, 0) is 18.2 Å². The molecule has 86 valence electrons. The normalized spacial score (nSPS) is 14.3. The van der Waals surface area contributed by atoms with Crippen LogP contribution in [0.15, 0.2) is 18.2 Å². The lowest BCUT2D eigenvalue weighted by atomic mass is 10.3. The minimum Gasteiger partial charge on any atom is -0.377 e. The van der Waals surface area contributed by atoms with Crippen LogP contribution in [0.2, 0.25) is 5.02 Å². The van der Waals surface area contributed by atoms with Crippen molar-refractivity contribution in [2.24, 2.45) is 0 Å². The monoisotopic (exact) mass is 250 g/mol. The number of halogens is 4. The van der Waals surface area contributed by atoms with Crippen molar-refractivity contribution in [3.8, 4) is 0 Å². The first-order chi connectivity index (χ1) is 7.38. The van der Waals surface area contributed by atoms with Gasteiger partial charge in [0.15, 0.2) is 0 Å². The summed E-state index contributed by atoms with van der Waals surface area (Å²) in [5.41, 5.74) is 0.675. The third kappa shape index (κ3) is 1.98. The molecular formula is C9H6ClF3N2O. The molecule has 1 aromatic carbocycles. The van der Waals surface area contributed by atoms with Crippen molar-refractivity contribution in [3.63, 3.8) is 0 Å². The number of alkyl halides is 3. The lowest BCUT2D eigenvalue weighted by molar-refractivity contribution is -0.208. The van der Waals surface area contributed by atoms with Crippen LogP contribution in [0.1, 0.15) is 11.9 Å². The number of aliphatic hydroxyl groups is 1. The highest BCUT2D eigenvalue weighted by Gasteiger charge is 2.41. The number of imidazole rings is 1. The maximum absolute atomic E-state index is 12.2. The van der Waals surface area contributed by atoms with Gasteiger partial charge in [-0.25, -0.2) is 4.98 Å². The number of aliphatic hydroxyl groups excluding tert-OH is 1. The van der Waals surface area contributed by atoms with Gasteiger partial charge in [0.05, 0.1) is 11.0 Å². The molecule has 0 bridgehead atoms. The van der Waals surface area contributed by atoms with Crippen molar-refractivity contribution in [3.05, 3.63) is 29.0 Å². The average Bonchev–Trinajstić information content (AvgIpc) is 2.57. The Morgan fingerprint density at radius 1 is 1.38 bits per heavy atom. The second-order valence-corrected chi connectivity index (χ2v) is 3.66. The van der Waals surface area contributed by atoms with E-state index in [2.05, 4.69) is 9.97 Å². The Bertz CT molecular complexity index is 523. The number of hydrogen-bond acceptors (Lipinski definition) is 2. The molecule has 1 heterocycles. The first-order valence-corrected chi connectivity index (χ1v) is 4.65. The van der Waals surface area contributed by atoms with Gasteiger partial charge < -0.3 is 10.1 Å². The smallest absolute Gasteiger partial charge is 0.377 e. The lowest BCUT2D eigenvalue weighted by Gasteiger charge is -2.10. The largest absolute Gasteiger partial charge is 0.421 e. The molecule has 2 aromatic rings. The molecule has 0 radical (unpaired) electrons. The number of rotatable bonds is 1. The maximum atomic E-state index is 12.2. The quantitative estimate of drug-likeness (QED) is 0.818. The highest BCUT2D eigenvalue weighted by atomic mass is 35.5. The van der Waals surface area contributed by atoms with E-state index in [-0.39, 0.29) is 0 Å². The molecule has 0 amide bonds. The Morgan fingerprint density at radius 3 is 2.69 bits per heavy atom. The molecule has 2 rings (SSSR count). The Labute approximate surface area is 92.9 Å². The van der Waals surface area contributed by atoms with Gasteiger partial charge in [-0.3, -0.25) is 0 Å². The van der Waals surface area contributed by atoms with E-state index in [1.807, 2.05) is 0 Å². The predicted octanol–water partition coefficient (Wildman–Crippen LogP) is 2.81. The molecule has 0 aliphatic carbocycles. The summed E-state index contributed by atoms with van der Waals surface area (Å²) in [6.45, 7) is 0. The number of fused-ring (bicyclic) bond motifs is 1. The first kappa shape index (κ1) is 11.2. The van der Waals surface area contributed by atoms with Crippen LogP contribution in [0.3, 0.4) is 0 Å². The topological polar surface area (TPSA) is 48.9 Å². The highest BCUT2D eigenvalue weighted by molar-refractivity contribution is 6.31. The second kappa shape index (κ2) is 3.64. The van der Waals surface area contributed by atoms with Crippen molar-refractivity contribution in [2.45, 2.75) is 12.3 Å². The molecule has 1 unspecified atom stereocenters. The fourth-order valence-corrected chi connectivity index (χ4v) is 1.46. The zero-order valence-corrected chi connectivity index (χ0v) is 8.47. The maximum Gasteiger partial charge on any atom is 0.421 e. The third-order valence-corrected chi connectivity index (χ3v) is 2.27. The van der Waals surface area contributed by atoms with Gasteiger partial charge >= 0.3 is 6.18 Å². The number of aromatic amines is 1. The van der Waals surface area contributed by atoms with E-state index < -0.39 is 18.1 Å². The second-order valence-electron chi connectivity index (χ2n) is 3.23. The van der Waals surface area contributed by atoms with Crippen molar-refractivity contribution < 1.29 is 18.3 Å². The van der Waals surface area contributed by atoms with E-state index in [0.717, 1.165) is 0 Å². The highest BCUT2D eigenvalue weighted by Crippen LogP contribution is 2.32. The number of aromatic nitrogens is 2. The van der Waals surface area contributed by atoms with Gasteiger partial charge in [-0.15, -0.1) is 0 Å². The Morgan fingerprint density at radius 2 is 2.06 bits per heavy atom. The minimum atomic E-state index is -4.74. The summed E-state index contributed by atoms with van der Waals surface area (Å²) in [4.78, 5) is 6.01. The summed E-state index contributed by atoms with van der Waals surface area (Å²) in [5, 5.41) is 9.35. The van der Waals surface area contributed by atoms with E-state index in [1.54, 1.807) is 0 Å². The van der Waals surface area contributed by atoms with Crippen LogP contribution >= 0.6 is 11.6 Å². The van der Waals surface area contributed by atoms with Crippen LogP contribution in [-0.2, 0) is 0 Å². The van der Waals surface area contributed by atoms with Crippen LogP contribution in [0, 0.1) is 0 Å². The van der Waals surface area contributed by atoms with E-state index in [4.69, 9.17) is 16.7 Å². The van der Waals surface area contributed by atoms with Gasteiger partial charge in [0.2, 0.25) is 6.10 Å². The van der Waals surface area contributed by atoms with Gasteiger partial charge in [-0.2, -0.15) is 13.2 Å². The SMILES string of the molecule is OC(c1nc2ccc(Cl)cc2[nH]1)C(F)(F)F. The first-order valence-electron chi connectivity index (χ1n) is 4.28. The van der Waals surface area contributed by atoms with Crippen LogP contribution in [0.4, 0.5) is 13.2 Å². The van der Waals surface area contributed by atoms with Gasteiger partial charge in [0.1, 0.15) is 5.82 Å². The average molecular weight is 251 g/mol. The third-order valence-electron chi connectivity index (χ3n) is 2.03. The molecule has 0 fully saturated rings. The summed E-state index contributed by atoms with van der Waals surface area (Å²) in [5.74, 6) is -0.537. The predicted molar refractivity (Wildman–Crippen MR) is 52.1 cm³/mol. The summed E-state index contributed by atoms with van der Waals surface area (Å²) in [6.07, 6.45) is -7.35. The van der Waals surface area contributed by atoms with Crippen molar-refractivity contribution in [1.29, 1.82) is 0 Å². The minimum absolute atomic E-state index is 0.322. The van der Waals surface area contributed by atoms with Crippen LogP contribution in [0.5, 0.6) is 0 Å². The number of nitrogens with one attached hydrogen (secondary N) is 1. The van der Waals surface area contributed by atoms with Crippen molar-refractivity contribution >= 4 is 22.6 Å². The summed E-state index contributed by atoms with van der Waals surface area (Å²) in [6, 6.07) is 4.42. The molecule has 2 N–H and O–H groups in total. The summed E-state index contributed by atoms with van der Waals surface area (Å²) < 4.78 is 36.6. The van der Waals surface area contributed by atoms with Crippen molar-refractivity contribution in [2.75, 3.05) is 0 Å². The standard InChI is InChI=1S/C9H6ClF3N2O/c10-4-1-2-5-6(3-4)15-8(14-5)7(16)9(11,12)13/h1-3,7,16H,(H,14,15). The van der Waals surface area contributed by atoms with Crippen molar-refractivity contribution in [1.82, 2.24) is 9.97 Å². The molecular weight excluding hydrogens is 245 g/mol. The molecule has 0 spiro atoms. The Balaban J connectivity index is 2.47. The van der Waals surface area contributed by atoms with E-state index >= 15 is 0 Å². The van der Waals surface area contributed by atoms with Gasteiger partial charge in [0.25, 0.3) is 0 Å². The molecule has 1 atom stereocenters. The fourth-order valence-electron chi connectivity index (χ4n) is 1.29. The Kier molecular flexibility index (Phi) is 2.55.